The average molecular weight is 240 g/mol. The first kappa shape index (κ1) is 15.7. The number of carbonyl (C=O) groups is 4. The molecule has 0 heterocycles. The largest absolute Gasteiger partial charge is 0.303 e. The maximum Gasteiger partial charge on any atom is 0.201 e. The number of ketones is 2. The van der Waals surface area contributed by atoms with Crippen molar-refractivity contribution >= 4 is 24.1 Å². The van der Waals surface area contributed by atoms with Crippen LogP contribution in [-0.2, 0) is 19.2 Å². The minimum Gasteiger partial charge on any atom is -0.303 e. The predicted octanol–water partition coefficient (Wildman–Crippen LogP) is 1.60. The van der Waals surface area contributed by atoms with E-state index in [0.717, 1.165) is 6.29 Å². The summed E-state index contributed by atoms with van der Waals surface area (Å²) in [5.41, 5.74) is 0. The van der Waals surface area contributed by atoms with Crippen LogP contribution >= 0.6 is 0 Å². The molecule has 0 saturated carbocycles. The van der Waals surface area contributed by atoms with Crippen LogP contribution in [0.15, 0.2) is 0 Å². The minimum atomic E-state index is -0.513. The van der Waals surface area contributed by atoms with Crippen molar-refractivity contribution in [1.82, 2.24) is 0 Å². The van der Waals surface area contributed by atoms with Crippen molar-refractivity contribution in [2.75, 3.05) is 0 Å². The van der Waals surface area contributed by atoms with Crippen LogP contribution in [0.1, 0.15) is 40.0 Å². The third kappa shape index (κ3) is 4.59. The molecule has 0 saturated heterocycles. The quantitative estimate of drug-likeness (QED) is 0.453. The van der Waals surface area contributed by atoms with Crippen molar-refractivity contribution in [2.45, 2.75) is 40.0 Å². The van der Waals surface area contributed by atoms with Crippen molar-refractivity contribution in [3.63, 3.8) is 0 Å². The zero-order valence-corrected chi connectivity index (χ0v) is 10.6. The Morgan fingerprint density at radius 1 is 1.18 bits per heavy atom. The second-order valence-electron chi connectivity index (χ2n) is 4.35. The Morgan fingerprint density at radius 2 is 1.76 bits per heavy atom. The van der Waals surface area contributed by atoms with Crippen LogP contribution in [0.5, 0.6) is 0 Å². The van der Waals surface area contributed by atoms with Gasteiger partial charge in [-0.1, -0.05) is 27.2 Å². The number of hydrogen-bond donors (Lipinski definition) is 0. The van der Waals surface area contributed by atoms with E-state index in [0.29, 0.717) is 12.7 Å². The number of aldehydes is 2. The van der Waals surface area contributed by atoms with E-state index in [4.69, 9.17) is 0 Å². The highest BCUT2D eigenvalue weighted by Crippen LogP contribution is 2.24. The molecule has 0 aliphatic carbocycles. The molecular formula is C13H20O4. The Morgan fingerprint density at radius 3 is 2.18 bits per heavy atom. The number of carbonyl (C=O) groups excluding carboxylic acids is 4. The molecule has 4 heteroatoms. The first-order chi connectivity index (χ1) is 7.99. The van der Waals surface area contributed by atoms with Crippen molar-refractivity contribution < 1.29 is 19.2 Å². The second kappa shape index (κ2) is 7.87. The van der Waals surface area contributed by atoms with E-state index in [1.807, 2.05) is 6.92 Å². The Hall–Kier alpha value is -1.32. The maximum absolute atomic E-state index is 11.8. The van der Waals surface area contributed by atoms with Crippen LogP contribution in [-0.4, -0.2) is 24.1 Å². The standard InChI is InChI=1S/C13H20O4/c1-4-11(9(2)8-15)10(3)13(17)12(16)6-5-7-14/h7-11H,4-6H2,1-3H3. The van der Waals surface area contributed by atoms with Gasteiger partial charge in [0.15, 0.2) is 5.78 Å². The second-order valence-corrected chi connectivity index (χ2v) is 4.35. The molecule has 4 nitrogen and oxygen atoms in total. The summed E-state index contributed by atoms with van der Waals surface area (Å²) in [6.45, 7) is 5.32. The first-order valence-corrected chi connectivity index (χ1v) is 5.95. The van der Waals surface area contributed by atoms with Crippen LogP contribution in [0.4, 0.5) is 0 Å². The molecule has 3 atom stereocenters. The predicted molar refractivity (Wildman–Crippen MR) is 63.5 cm³/mol. The highest BCUT2D eigenvalue weighted by molar-refractivity contribution is 6.38. The number of rotatable bonds is 9. The molecule has 0 fully saturated rings. The van der Waals surface area contributed by atoms with Crippen LogP contribution < -0.4 is 0 Å². The lowest BCUT2D eigenvalue weighted by Gasteiger charge is -2.23. The van der Waals surface area contributed by atoms with Crippen molar-refractivity contribution in [3.05, 3.63) is 0 Å². The van der Waals surface area contributed by atoms with E-state index in [9.17, 15) is 19.2 Å². The Labute approximate surface area is 102 Å². The van der Waals surface area contributed by atoms with Gasteiger partial charge in [-0.2, -0.15) is 0 Å². The number of Topliss-reactive ketones (excluding diaryl/α,β-unsaturated/α-hetero) is 2. The van der Waals surface area contributed by atoms with Gasteiger partial charge in [0.05, 0.1) is 0 Å². The van der Waals surface area contributed by atoms with Gasteiger partial charge < -0.3 is 9.59 Å². The van der Waals surface area contributed by atoms with Crippen molar-refractivity contribution in [2.24, 2.45) is 17.8 Å². The summed E-state index contributed by atoms with van der Waals surface area (Å²) >= 11 is 0. The fraction of sp³-hybridized carbons (Fsp3) is 0.692. The molecule has 96 valence electrons. The zero-order valence-electron chi connectivity index (χ0n) is 10.6. The summed E-state index contributed by atoms with van der Waals surface area (Å²) < 4.78 is 0. The number of hydrogen-bond acceptors (Lipinski definition) is 4. The summed E-state index contributed by atoms with van der Waals surface area (Å²) in [5.74, 6) is -1.79. The Balaban J connectivity index is 4.60. The molecule has 17 heavy (non-hydrogen) atoms. The average Bonchev–Trinajstić information content (AvgIpc) is 2.35. The SMILES string of the molecule is CCC(C(C)C=O)C(C)C(=O)C(=O)CCC=O. The van der Waals surface area contributed by atoms with Gasteiger partial charge in [-0.05, 0) is 5.92 Å². The molecule has 0 aromatic heterocycles. The maximum atomic E-state index is 11.8. The van der Waals surface area contributed by atoms with Gasteiger partial charge in [-0.15, -0.1) is 0 Å². The van der Waals surface area contributed by atoms with Gasteiger partial charge in [0, 0.05) is 24.7 Å². The van der Waals surface area contributed by atoms with E-state index in [-0.39, 0.29) is 24.7 Å². The Kier molecular flexibility index (Phi) is 7.26. The fourth-order valence-corrected chi connectivity index (χ4v) is 2.04. The van der Waals surface area contributed by atoms with Gasteiger partial charge in [-0.25, -0.2) is 0 Å². The van der Waals surface area contributed by atoms with Gasteiger partial charge >= 0.3 is 0 Å². The van der Waals surface area contributed by atoms with Crippen molar-refractivity contribution in [3.8, 4) is 0 Å². The lowest BCUT2D eigenvalue weighted by Crippen LogP contribution is -2.31. The van der Waals surface area contributed by atoms with E-state index < -0.39 is 17.5 Å². The first-order valence-electron chi connectivity index (χ1n) is 5.95. The molecule has 0 radical (unpaired) electrons. The molecule has 0 amide bonds. The molecule has 0 rings (SSSR count). The van der Waals surface area contributed by atoms with Crippen LogP contribution in [0.3, 0.4) is 0 Å². The lowest BCUT2D eigenvalue weighted by molar-refractivity contribution is -0.140. The molecule has 0 aliphatic rings. The molecule has 3 unspecified atom stereocenters. The zero-order chi connectivity index (χ0) is 13.4. The minimum absolute atomic E-state index is 0.0292. The molecular weight excluding hydrogens is 220 g/mol. The molecule has 0 bridgehead atoms. The van der Waals surface area contributed by atoms with E-state index in [1.54, 1.807) is 13.8 Å². The highest BCUT2D eigenvalue weighted by atomic mass is 16.2. The summed E-state index contributed by atoms with van der Waals surface area (Å²) in [4.78, 5) is 44.1. The van der Waals surface area contributed by atoms with Crippen LogP contribution in [0.2, 0.25) is 0 Å². The van der Waals surface area contributed by atoms with Crippen molar-refractivity contribution in [1.29, 1.82) is 0 Å². The van der Waals surface area contributed by atoms with Gasteiger partial charge in [-0.3, -0.25) is 9.59 Å². The molecule has 0 aliphatic heterocycles. The smallest absolute Gasteiger partial charge is 0.201 e. The van der Waals surface area contributed by atoms with E-state index in [1.165, 1.54) is 0 Å². The van der Waals surface area contributed by atoms with Gasteiger partial charge in [0.1, 0.15) is 12.6 Å². The molecule has 0 aromatic rings. The van der Waals surface area contributed by atoms with Crippen LogP contribution in [0, 0.1) is 17.8 Å². The normalized spacial score (nSPS) is 15.7. The summed E-state index contributed by atoms with van der Waals surface area (Å²) in [6, 6.07) is 0. The summed E-state index contributed by atoms with van der Waals surface area (Å²) in [6.07, 6.45) is 2.17. The molecule has 0 spiro atoms. The summed E-state index contributed by atoms with van der Waals surface area (Å²) in [7, 11) is 0. The topological polar surface area (TPSA) is 68.3 Å². The lowest BCUT2D eigenvalue weighted by atomic mass is 9.79. The van der Waals surface area contributed by atoms with E-state index >= 15 is 0 Å². The van der Waals surface area contributed by atoms with Gasteiger partial charge in [0.25, 0.3) is 0 Å². The molecule has 0 aromatic carbocycles. The highest BCUT2D eigenvalue weighted by Gasteiger charge is 2.30. The third-order valence-corrected chi connectivity index (χ3v) is 3.18. The third-order valence-electron chi connectivity index (χ3n) is 3.18. The Bertz CT molecular complexity index is 296. The summed E-state index contributed by atoms with van der Waals surface area (Å²) in [5, 5.41) is 0. The fourth-order valence-electron chi connectivity index (χ4n) is 2.04. The van der Waals surface area contributed by atoms with Gasteiger partial charge in [0.2, 0.25) is 5.78 Å². The van der Waals surface area contributed by atoms with Crippen LogP contribution in [0.25, 0.3) is 0 Å². The monoisotopic (exact) mass is 240 g/mol. The molecule has 0 N–H and O–H groups in total. The van der Waals surface area contributed by atoms with E-state index in [2.05, 4.69) is 0 Å².